The Hall–Kier alpha value is -1.53. The number of hydrogen-bond donors (Lipinski definition) is 0. The first kappa shape index (κ1) is 16.3. The lowest BCUT2D eigenvalue weighted by Gasteiger charge is -2.37. The quantitative estimate of drug-likeness (QED) is 0.834. The zero-order valence-electron chi connectivity index (χ0n) is 13.0. The molecule has 23 heavy (non-hydrogen) atoms. The predicted molar refractivity (Wildman–Crippen MR) is 78.6 cm³/mol. The summed E-state index contributed by atoms with van der Waals surface area (Å²) in [7, 11) is 0. The average molecular weight is 329 g/mol. The lowest BCUT2D eigenvalue weighted by molar-refractivity contribution is -0.187. The first-order valence-corrected chi connectivity index (χ1v) is 8.30. The fourth-order valence-corrected chi connectivity index (χ4v) is 3.84. The number of amides is 1. The molecule has 3 atom stereocenters. The Labute approximate surface area is 133 Å². The van der Waals surface area contributed by atoms with Gasteiger partial charge in [-0.1, -0.05) is 6.42 Å². The summed E-state index contributed by atoms with van der Waals surface area (Å²) in [5, 5.41) is 4.22. The minimum atomic E-state index is -4.18. The van der Waals surface area contributed by atoms with Gasteiger partial charge in [0.2, 0.25) is 5.91 Å². The van der Waals surface area contributed by atoms with E-state index in [1.54, 1.807) is 11.1 Å². The third-order valence-electron chi connectivity index (χ3n) is 5.09. The highest BCUT2D eigenvalue weighted by molar-refractivity contribution is 5.79. The van der Waals surface area contributed by atoms with Crippen LogP contribution in [0.3, 0.4) is 0 Å². The van der Waals surface area contributed by atoms with Crippen molar-refractivity contribution in [1.29, 1.82) is 0 Å². The molecule has 0 spiro atoms. The molecule has 1 aliphatic heterocycles. The molecule has 0 unspecified atom stereocenters. The molecule has 3 rings (SSSR count). The molecule has 1 aromatic heterocycles. The van der Waals surface area contributed by atoms with Crippen molar-refractivity contribution < 1.29 is 18.0 Å². The number of likely N-dealkylation sites (tertiary alicyclic amines) is 1. The van der Waals surface area contributed by atoms with Crippen molar-refractivity contribution in [3.8, 4) is 0 Å². The highest BCUT2D eigenvalue weighted by Gasteiger charge is 2.44. The van der Waals surface area contributed by atoms with Gasteiger partial charge in [-0.25, -0.2) is 0 Å². The highest BCUT2D eigenvalue weighted by atomic mass is 19.4. The number of nitrogens with zero attached hydrogens (tertiary/aromatic N) is 3. The van der Waals surface area contributed by atoms with Crippen LogP contribution in [0.5, 0.6) is 0 Å². The number of carbonyl (C=O) groups is 1. The molecule has 0 N–H and O–H groups in total. The van der Waals surface area contributed by atoms with Crippen molar-refractivity contribution in [3.05, 3.63) is 18.5 Å². The van der Waals surface area contributed by atoms with Crippen molar-refractivity contribution in [1.82, 2.24) is 14.7 Å². The van der Waals surface area contributed by atoms with Crippen molar-refractivity contribution in [2.75, 3.05) is 13.1 Å². The Kier molecular flexibility index (Phi) is 4.64. The van der Waals surface area contributed by atoms with Crippen molar-refractivity contribution in [3.63, 3.8) is 0 Å². The van der Waals surface area contributed by atoms with Gasteiger partial charge in [0.05, 0.1) is 12.0 Å². The number of carbonyl (C=O) groups excluding carboxylic acids is 1. The molecule has 0 radical (unpaired) electrons. The fourth-order valence-electron chi connectivity index (χ4n) is 3.84. The molecule has 1 amide bonds. The number of piperidine rings is 1. The van der Waals surface area contributed by atoms with Crippen LogP contribution in [-0.2, 0) is 4.79 Å². The molecule has 1 aromatic rings. The maximum Gasteiger partial charge on any atom is 0.391 e. The molecule has 7 heteroatoms. The molecule has 2 heterocycles. The van der Waals surface area contributed by atoms with E-state index in [0.717, 1.165) is 12.8 Å². The van der Waals surface area contributed by atoms with Crippen LogP contribution < -0.4 is 0 Å². The molecular formula is C16H22F3N3O. The minimum absolute atomic E-state index is 0.0503. The molecule has 128 valence electrons. The van der Waals surface area contributed by atoms with E-state index < -0.39 is 18.0 Å². The summed E-state index contributed by atoms with van der Waals surface area (Å²) in [5.74, 6) is -1.90. The lowest BCUT2D eigenvalue weighted by atomic mass is 9.80. The second-order valence-electron chi connectivity index (χ2n) is 6.67. The van der Waals surface area contributed by atoms with Gasteiger partial charge in [0.25, 0.3) is 0 Å². The van der Waals surface area contributed by atoms with Crippen LogP contribution in [0, 0.1) is 11.8 Å². The van der Waals surface area contributed by atoms with E-state index in [-0.39, 0.29) is 24.8 Å². The van der Waals surface area contributed by atoms with Gasteiger partial charge < -0.3 is 4.90 Å². The summed E-state index contributed by atoms with van der Waals surface area (Å²) in [6.45, 7) is 1.19. The minimum Gasteiger partial charge on any atom is -0.340 e. The van der Waals surface area contributed by atoms with E-state index in [0.29, 0.717) is 25.9 Å². The maximum absolute atomic E-state index is 12.9. The number of aromatic nitrogens is 2. The monoisotopic (exact) mass is 329 g/mol. The maximum atomic E-state index is 12.9. The van der Waals surface area contributed by atoms with Crippen LogP contribution in [0.1, 0.15) is 44.6 Å². The Morgan fingerprint density at radius 1 is 1.17 bits per heavy atom. The van der Waals surface area contributed by atoms with E-state index in [1.807, 2.05) is 16.9 Å². The van der Waals surface area contributed by atoms with Gasteiger partial charge in [0.15, 0.2) is 0 Å². The summed E-state index contributed by atoms with van der Waals surface area (Å²) in [6, 6.07) is 1.97. The Morgan fingerprint density at radius 3 is 2.70 bits per heavy atom. The molecule has 1 aliphatic carbocycles. The molecule has 0 bridgehead atoms. The van der Waals surface area contributed by atoms with Gasteiger partial charge in [-0.15, -0.1) is 0 Å². The van der Waals surface area contributed by atoms with Crippen molar-refractivity contribution in [2.45, 2.75) is 50.7 Å². The van der Waals surface area contributed by atoms with Gasteiger partial charge in [-0.2, -0.15) is 18.3 Å². The fraction of sp³-hybridized carbons (Fsp3) is 0.750. The highest BCUT2D eigenvalue weighted by Crippen LogP contribution is 2.40. The summed E-state index contributed by atoms with van der Waals surface area (Å²) in [4.78, 5) is 14.4. The molecule has 1 saturated carbocycles. The summed E-state index contributed by atoms with van der Waals surface area (Å²) >= 11 is 0. The molecule has 0 aromatic carbocycles. The van der Waals surface area contributed by atoms with Crippen molar-refractivity contribution >= 4 is 5.91 Å². The van der Waals surface area contributed by atoms with Gasteiger partial charge in [-0.05, 0) is 38.2 Å². The zero-order chi connectivity index (χ0) is 16.4. The largest absolute Gasteiger partial charge is 0.391 e. The molecule has 2 fully saturated rings. The predicted octanol–water partition coefficient (Wildman–Crippen LogP) is 3.42. The van der Waals surface area contributed by atoms with Crippen LogP contribution in [0.2, 0.25) is 0 Å². The lowest BCUT2D eigenvalue weighted by Crippen LogP contribution is -2.45. The molecular weight excluding hydrogens is 307 g/mol. The Bertz CT molecular complexity index is 529. The number of halogens is 3. The van der Waals surface area contributed by atoms with Gasteiger partial charge in [0, 0.05) is 31.4 Å². The number of rotatable bonds is 2. The Balaban J connectivity index is 1.63. The normalized spacial score (nSPS) is 29.5. The summed E-state index contributed by atoms with van der Waals surface area (Å²) in [5.41, 5.74) is 0. The van der Waals surface area contributed by atoms with Gasteiger partial charge in [0.1, 0.15) is 0 Å². The van der Waals surface area contributed by atoms with Gasteiger partial charge >= 0.3 is 6.18 Å². The third-order valence-corrected chi connectivity index (χ3v) is 5.09. The third kappa shape index (κ3) is 3.70. The zero-order valence-corrected chi connectivity index (χ0v) is 13.0. The topological polar surface area (TPSA) is 38.1 Å². The van der Waals surface area contributed by atoms with E-state index in [9.17, 15) is 18.0 Å². The van der Waals surface area contributed by atoms with Crippen LogP contribution in [0.4, 0.5) is 13.2 Å². The molecule has 4 nitrogen and oxygen atoms in total. The molecule has 2 aliphatic rings. The van der Waals surface area contributed by atoms with Crippen LogP contribution in [-0.4, -0.2) is 39.9 Å². The second kappa shape index (κ2) is 6.53. The van der Waals surface area contributed by atoms with Crippen molar-refractivity contribution in [2.24, 2.45) is 11.8 Å². The van der Waals surface area contributed by atoms with E-state index >= 15 is 0 Å². The molecule has 1 saturated heterocycles. The standard InChI is InChI=1S/C16H22F3N3O/c17-16(18,19)13-5-1-4-12(10-13)15(23)21-8-2-6-14(11-21)22-9-3-7-20-22/h3,7,9,12-14H,1-2,4-6,8,10-11H2/t12-,13+,14+/m1/s1. The van der Waals surface area contributed by atoms with E-state index in [4.69, 9.17) is 0 Å². The van der Waals surface area contributed by atoms with Crippen LogP contribution in [0.25, 0.3) is 0 Å². The SMILES string of the molecule is O=C([C@@H]1CCC[C@H](C(F)(F)F)C1)N1CCC[C@H](n2cccn2)C1. The second-order valence-corrected chi connectivity index (χ2v) is 6.67. The van der Waals surface area contributed by atoms with Gasteiger partial charge in [-0.3, -0.25) is 9.48 Å². The van der Waals surface area contributed by atoms with Crippen LogP contribution in [0.15, 0.2) is 18.5 Å². The first-order chi connectivity index (χ1) is 10.9. The first-order valence-electron chi connectivity index (χ1n) is 8.30. The van der Waals surface area contributed by atoms with E-state index in [2.05, 4.69) is 5.10 Å². The number of hydrogen-bond acceptors (Lipinski definition) is 2. The Morgan fingerprint density at radius 2 is 2.00 bits per heavy atom. The smallest absolute Gasteiger partial charge is 0.340 e. The number of alkyl halides is 3. The van der Waals surface area contributed by atoms with Crippen LogP contribution >= 0.6 is 0 Å². The average Bonchev–Trinajstić information content (AvgIpc) is 3.08. The van der Waals surface area contributed by atoms with E-state index in [1.165, 1.54) is 0 Å². The summed E-state index contributed by atoms with van der Waals surface area (Å²) in [6.07, 6.45) is 2.38. The summed E-state index contributed by atoms with van der Waals surface area (Å²) < 4.78 is 40.6.